The Balaban J connectivity index is 1.39. The van der Waals surface area contributed by atoms with Gasteiger partial charge in [-0.15, -0.1) is 0 Å². The van der Waals surface area contributed by atoms with Gasteiger partial charge in [-0.25, -0.2) is 0 Å². The van der Waals surface area contributed by atoms with Crippen molar-refractivity contribution < 1.29 is 14.5 Å². The van der Waals surface area contributed by atoms with Crippen molar-refractivity contribution in [2.24, 2.45) is 0 Å². The molecule has 0 aromatic heterocycles. The number of nitrogens with zero attached hydrogens (tertiary/aromatic N) is 2. The van der Waals surface area contributed by atoms with Crippen LogP contribution in [0.25, 0.3) is 0 Å². The zero-order valence-corrected chi connectivity index (χ0v) is 33.5. The number of thioether (sulfide) groups is 1. The zero-order chi connectivity index (χ0) is 35.9. The number of carbonyl (C=O) groups excluding carboxylic acids is 1. The molecule has 0 radical (unpaired) electrons. The van der Waals surface area contributed by atoms with Gasteiger partial charge in [-0.3, -0.25) is 4.79 Å². The van der Waals surface area contributed by atoms with Crippen LogP contribution in [0.5, 0.6) is 0 Å². The van der Waals surface area contributed by atoms with Gasteiger partial charge in [0.25, 0.3) is 0 Å². The fourth-order valence-electron chi connectivity index (χ4n) is 7.85. The van der Waals surface area contributed by atoms with Crippen LogP contribution in [-0.2, 0) is 10.2 Å². The standard InChI is InChI=1S/C45H68N2O2S/c1-7-9-11-13-15-17-19-21-23-27-31-46-35(3)36(4)50-42(46)34-38-43(48)37(44(38)49)33-41-45(5,6)39-29-25-26-30-40(39)47(41)32-28-24-22-20-18-16-14-12-10-8-2/h25-26,29-30,33-34H,7-24,27-28,31-32H2,1-6H3/p+1. The summed E-state index contributed by atoms with van der Waals surface area (Å²) < 4.78 is 2.42. The molecule has 1 aromatic rings. The van der Waals surface area contributed by atoms with Crippen molar-refractivity contribution in [3.63, 3.8) is 0 Å². The number of carbonyl (C=O) groups is 1. The Morgan fingerprint density at radius 2 is 1.26 bits per heavy atom. The van der Waals surface area contributed by atoms with Gasteiger partial charge in [0.15, 0.2) is 5.71 Å². The summed E-state index contributed by atoms with van der Waals surface area (Å²) in [6, 6.07) is 8.67. The van der Waals surface area contributed by atoms with Crippen molar-refractivity contribution in [3.05, 3.63) is 74.5 Å². The first kappa shape index (κ1) is 40.2. The van der Waals surface area contributed by atoms with E-state index in [-0.39, 0.29) is 17.0 Å². The van der Waals surface area contributed by atoms with Gasteiger partial charge >= 0.3 is 0 Å². The van der Waals surface area contributed by atoms with E-state index in [1.165, 1.54) is 137 Å². The van der Waals surface area contributed by atoms with Crippen LogP contribution in [0.2, 0.25) is 0 Å². The number of rotatable bonds is 24. The fraction of sp³-hybridized carbons (Fsp3) is 0.644. The number of unbranched alkanes of at least 4 members (excludes halogenated alkanes) is 18. The molecule has 0 amide bonds. The van der Waals surface area contributed by atoms with Gasteiger partial charge in [-0.1, -0.05) is 153 Å². The van der Waals surface area contributed by atoms with E-state index in [0.29, 0.717) is 11.1 Å². The number of fused-ring (bicyclic) bond motifs is 1. The number of aliphatic hydroxyl groups is 1. The maximum absolute atomic E-state index is 13.7. The first-order valence-corrected chi connectivity index (χ1v) is 21.3. The van der Waals surface area contributed by atoms with Crippen LogP contribution < -0.4 is 0 Å². The molecule has 1 aromatic carbocycles. The number of ketones is 1. The predicted molar refractivity (Wildman–Crippen MR) is 216 cm³/mol. The lowest BCUT2D eigenvalue weighted by atomic mass is 9.78. The quantitative estimate of drug-likeness (QED) is 0.0662. The monoisotopic (exact) mass is 702 g/mol. The van der Waals surface area contributed by atoms with Gasteiger partial charge in [0.1, 0.15) is 12.3 Å². The molecule has 2 aliphatic heterocycles. The number of benzene rings is 1. The van der Waals surface area contributed by atoms with Crippen LogP contribution in [0.15, 0.2) is 69.0 Å². The number of allylic oxidation sites excluding steroid dienone is 6. The molecule has 0 bridgehead atoms. The minimum Gasteiger partial charge on any atom is -0.506 e. The molecule has 4 nitrogen and oxygen atoms in total. The molecule has 0 spiro atoms. The normalized spacial score (nSPS) is 18.8. The van der Waals surface area contributed by atoms with Crippen LogP contribution in [0.4, 0.5) is 5.69 Å². The smallest absolute Gasteiger partial charge is 0.209 e. The summed E-state index contributed by atoms with van der Waals surface area (Å²) in [5.41, 5.74) is 5.56. The molecule has 0 saturated heterocycles. The van der Waals surface area contributed by atoms with Crippen LogP contribution in [0, 0.1) is 0 Å². The highest BCUT2D eigenvalue weighted by atomic mass is 32.2. The van der Waals surface area contributed by atoms with Gasteiger partial charge in [-0.05, 0) is 46.6 Å². The van der Waals surface area contributed by atoms with Crippen molar-refractivity contribution in [1.29, 1.82) is 0 Å². The Kier molecular flexibility index (Phi) is 16.5. The van der Waals surface area contributed by atoms with E-state index >= 15 is 0 Å². The molecule has 0 saturated carbocycles. The van der Waals surface area contributed by atoms with E-state index in [0.717, 1.165) is 36.7 Å². The minimum absolute atomic E-state index is 0.0464. The molecule has 0 atom stereocenters. The third-order valence-corrected chi connectivity index (χ3v) is 12.4. The Morgan fingerprint density at radius 1 is 0.740 bits per heavy atom. The third-order valence-electron chi connectivity index (χ3n) is 11.3. The lowest BCUT2D eigenvalue weighted by Crippen LogP contribution is -2.31. The largest absolute Gasteiger partial charge is 0.506 e. The highest BCUT2D eigenvalue weighted by Crippen LogP contribution is 2.44. The summed E-state index contributed by atoms with van der Waals surface area (Å²) in [5.74, 6) is 0.0946. The van der Waals surface area contributed by atoms with Crippen LogP contribution in [0.1, 0.15) is 176 Å². The lowest BCUT2D eigenvalue weighted by molar-refractivity contribution is -0.438. The predicted octanol–water partition coefficient (Wildman–Crippen LogP) is 13.4. The van der Waals surface area contributed by atoms with Crippen molar-refractivity contribution in [2.45, 2.75) is 175 Å². The van der Waals surface area contributed by atoms with Crippen molar-refractivity contribution in [1.82, 2.24) is 4.90 Å². The molecule has 5 heteroatoms. The molecular formula is C45H69N2O2S+. The summed E-state index contributed by atoms with van der Waals surface area (Å²) in [6.45, 7) is 15.3. The molecule has 3 aliphatic rings. The topological polar surface area (TPSA) is 43.5 Å². The van der Waals surface area contributed by atoms with E-state index in [4.69, 9.17) is 0 Å². The number of aliphatic hydroxyl groups excluding tert-OH is 1. The summed E-state index contributed by atoms with van der Waals surface area (Å²) in [5, 5.41) is 12.4. The van der Waals surface area contributed by atoms with Gasteiger partial charge in [0.2, 0.25) is 11.5 Å². The summed E-state index contributed by atoms with van der Waals surface area (Å²) in [6.07, 6.45) is 30.3. The van der Waals surface area contributed by atoms with Crippen molar-refractivity contribution >= 4 is 28.9 Å². The molecule has 0 fully saturated rings. The molecular weight excluding hydrogens is 633 g/mol. The maximum Gasteiger partial charge on any atom is 0.209 e. The average molecular weight is 702 g/mol. The summed E-state index contributed by atoms with van der Waals surface area (Å²) in [4.78, 5) is 17.3. The third kappa shape index (κ3) is 10.5. The Hall–Kier alpha value is -2.53. The van der Waals surface area contributed by atoms with E-state index in [9.17, 15) is 9.90 Å². The Labute approximate surface area is 310 Å². The fourth-order valence-corrected chi connectivity index (χ4v) is 8.94. The second-order valence-corrected chi connectivity index (χ2v) is 16.8. The SMILES string of the molecule is CCCCCCCCCCCCN1C(C)=C(C)S/C1=C/C1=C(O)C(=C\C2=[N+](CCCCCCCCCCCC)c3ccccc3C2(C)C)/C1=O. The molecule has 0 unspecified atom stereocenters. The van der Waals surface area contributed by atoms with Gasteiger partial charge in [-0.2, -0.15) is 4.58 Å². The second-order valence-electron chi connectivity index (χ2n) is 15.6. The van der Waals surface area contributed by atoms with Gasteiger partial charge in [0.05, 0.1) is 21.6 Å². The van der Waals surface area contributed by atoms with Gasteiger partial charge in [0, 0.05) is 41.3 Å². The number of hydrogen-bond donors (Lipinski definition) is 1. The Bertz CT molecular complexity index is 1440. The minimum atomic E-state index is -0.248. The van der Waals surface area contributed by atoms with Crippen LogP contribution >= 0.6 is 11.8 Å². The number of Topliss-reactive ketones (excluding diaryl/α,β-unsaturated/α-hetero) is 1. The van der Waals surface area contributed by atoms with E-state index in [1.807, 2.05) is 12.2 Å². The van der Waals surface area contributed by atoms with Gasteiger partial charge < -0.3 is 10.0 Å². The number of para-hydroxylation sites is 1. The summed E-state index contributed by atoms with van der Waals surface area (Å²) in [7, 11) is 0. The maximum atomic E-state index is 13.7. The molecule has 1 N–H and O–H groups in total. The van der Waals surface area contributed by atoms with E-state index < -0.39 is 0 Å². The lowest BCUT2D eigenvalue weighted by Gasteiger charge is -2.24. The highest BCUT2D eigenvalue weighted by molar-refractivity contribution is 8.06. The highest BCUT2D eigenvalue weighted by Gasteiger charge is 2.46. The van der Waals surface area contributed by atoms with Crippen LogP contribution in [0.3, 0.4) is 0 Å². The molecule has 276 valence electrons. The molecule has 1 aliphatic carbocycles. The Morgan fingerprint density at radius 3 is 1.82 bits per heavy atom. The first-order chi connectivity index (χ1) is 24.2. The first-order valence-electron chi connectivity index (χ1n) is 20.5. The van der Waals surface area contributed by atoms with Crippen molar-refractivity contribution in [3.8, 4) is 0 Å². The number of hydrogen-bond acceptors (Lipinski definition) is 4. The molecule has 4 rings (SSSR count). The van der Waals surface area contributed by atoms with E-state index in [2.05, 4.69) is 75.3 Å². The van der Waals surface area contributed by atoms with Crippen molar-refractivity contribution in [2.75, 3.05) is 13.1 Å². The van der Waals surface area contributed by atoms with E-state index in [1.54, 1.807) is 11.8 Å². The van der Waals surface area contributed by atoms with Crippen LogP contribution in [-0.4, -0.2) is 39.2 Å². The summed E-state index contributed by atoms with van der Waals surface area (Å²) >= 11 is 1.73. The molecule has 50 heavy (non-hydrogen) atoms. The molecule has 2 heterocycles. The average Bonchev–Trinajstić information content (AvgIpc) is 3.50. The second kappa shape index (κ2) is 20.5. The zero-order valence-electron chi connectivity index (χ0n) is 32.7.